The number of rotatable bonds is 10. The molecule has 0 amide bonds. The lowest BCUT2D eigenvalue weighted by Crippen LogP contribution is -2.12. The first-order chi connectivity index (χ1) is 18.2. The highest BCUT2D eigenvalue weighted by atomic mass is 19.1. The van der Waals surface area contributed by atoms with Crippen molar-refractivity contribution in [3.8, 4) is 22.6 Å². The maximum Gasteiger partial charge on any atom is 0.303 e. The number of carboxylic acids is 1. The molecule has 198 valence electrons. The number of hydrogen-bond donors (Lipinski definition) is 1. The van der Waals surface area contributed by atoms with Crippen LogP contribution < -0.4 is 9.47 Å². The molecule has 1 atom stereocenters. The summed E-state index contributed by atoms with van der Waals surface area (Å²) in [6.07, 6.45) is 6.45. The first-order valence-electron chi connectivity index (χ1n) is 13.2. The fourth-order valence-corrected chi connectivity index (χ4v) is 5.48. The number of halogens is 1. The average Bonchev–Trinajstić information content (AvgIpc) is 3.68. The number of carboxylic acid groups (broad SMARTS) is 1. The third-order valence-corrected chi connectivity index (χ3v) is 7.78. The first-order valence-corrected chi connectivity index (χ1v) is 13.2. The summed E-state index contributed by atoms with van der Waals surface area (Å²) in [7, 11) is 1.57. The summed E-state index contributed by atoms with van der Waals surface area (Å²) >= 11 is 0. The Bertz CT molecular complexity index is 1380. The molecule has 1 saturated carbocycles. The van der Waals surface area contributed by atoms with E-state index in [1.807, 2.05) is 36.4 Å². The van der Waals surface area contributed by atoms with Crippen molar-refractivity contribution < 1.29 is 23.8 Å². The summed E-state index contributed by atoms with van der Waals surface area (Å²) in [6, 6.07) is 16.3. The Morgan fingerprint density at radius 2 is 1.92 bits per heavy atom. The molecule has 1 heterocycles. The zero-order chi connectivity index (χ0) is 26.9. The fourth-order valence-electron chi connectivity index (χ4n) is 5.48. The van der Waals surface area contributed by atoms with Crippen LogP contribution in [-0.2, 0) is 11.4 Å². The van der Waals surface area contributed by atoms with Gasteiger partial charge in [0.1, 0.15) is 23.9 Å². The number of pyridine rings is 1. The zero-order valence-electron chi connectivity index (χ0n) is 22.2. The van der Waals surface area contributed by atoms with E-state index in [1.165, 1.54) is 6.07 Å². The third kappa shape index (κ3) is 5.59. The number of hydrogen-bond acceptors (Lipinski definition) is 4. The highest BCUT2D eigenvalue weighted by Crippen LogP contribution is 2.47. The molecule has 6 heteroatoms. The van der Waals surface area contributed by atoms with Gasteiger partial charge in [-0.1, -0.05) is 38.1 Å². The van der Waals surface area contributed by atoms with E-state index in [2.05, 4.69) is 19.9 Å². The highest BCUT2D eigenvalue weighted by molar-refractivity contribution is 5.82. The number of aromatic nitrogens is 1. The molecule has 38 heavy (non-hydrogen) atoms. The Balaban J connectivity index is 1.44. The lowest BCUT2D eigenvalue weighted by Gasteiger charge is -2.24. The molecule has 2 aliphatic rings. The van der Waals surface area contributed by atoms with E-state index in [4.69, 9.17) is 14.5 Å². The van der Waals surface area contributed by atoms with Gasteiger partial charge in [-0.3, -0.25) is 4.79 Å². The second-order valence-electron chi connectivity index (χ2n) is 11.0. The molecule has 1 N–H and O–H groups in total. The van der Waals surface area contributed by atoms with Crippen molar-refractivity contribution in [2.75, 3.05) is 7.11 Å². The van der Waals surface area contributed by atoms with Gasteiger partial charge in [0.05, 0.1) is 24.9 Å². The second-order valence-corrected chi connectivity index (χ2v) is 11.0. The SMILES string of the molecule is COc1ccc(F)c(-c2ccc(COc3cccc([C@@H](CC(=O)O)C4CC4)c3)nc2C2=CCCC2(C)C)c1. The second kappa shape index (κ2) is 10.6. The number of ether oxygens (including phenoxy) is 2. The Labute approximate surface area is 223 Å². The van der Waals surface area contributed by atoms with Crippen molar-refractivity contribution in [2.45, 2.75) is 58.5 Å². The van der Waals surface area contributed by atoms with E-state index in [-0.39, 0.29) is 30.2 Å². The predicted octanol–water partition coefficient (Wildman–Crippen LogP) is 7.65. The van der Waals surface area contributed by atoms with Crippen LogP contribution in [0.15, 0.2) is 60.7 Å². The van der Waals surface area contributed by atoms with Gasteiger partial charge in [-0.25, -0.2) is 9.37 Å². The Morgan fingerprint density at radius 1 is 1.11 bits per heavy atom. The summed E-state index contributed by atoms with van der Waals surface area (Å²) in [4.78, 5) is 16.4. The number of aliphatic carboxylic acids is 1. The largest absolute Gasteiger partial charge is 0.497 e. The van der Waals surface area contributed by atoms with Crippen molar-refractivity contribution >= 4 is 11.5 Å². The maximum absolute atomic E-state index is 15.0. The van der Waals surface area contributed by atoms with Crippen molar-refractivity contribution in [3.05, 3.63) is 83.4 Å². The first kappa shape index (κ1) is 26.0. The van der Waals surface area contributed by atoms with Crippen LogP contribution in [0.5, 0.6) is 11.5 Å². The van der Waals surface area contributed by atoms with Gasteiger partial charge in [0.2, 0.25) is 0 Å². The molecule has 0 spiro atoms. The van der Waals surface area contributed by atoms with Crippen LogP contribution >= 0.6 is 0 Å². The van der Waals surface area contributed by atoms with Crippen molar-refractivity contribution in [2.24, 2.45) is 11.3 Å². The maximum atomic E-state index is 15.0. The lowest BCUT2D eigenvalue weighted by molar-refractivity contribution is -0.137. The van der Waals surface area contributed by atoms with Gasteiger partial charge in [0.25, 0.3) is 0 Å². The van der Waals surface area contributed by atoms with E-state index in [9.17, 15) is 9.90 Å². The van der Waals surface area contributed by atoms with Gasteiger partial charge < -0.3 is 14.6 Å². The average molecular weight is 516 g/mol. The van der Waals surface area contributed by atoms with Gasteiger partial charge in [-0.2, -0.15) is 0 Å². The molecular weight excluding hydrogens is 481 g/mol. The number of allylic oxidation sites excluding steroid dienone is 2. The molecule has 2 aliphatic carbocycles. The molecule has 5 nitrogen and oxygen atoms in total. The highest BCUT2D eigenvalue weighted by Gasteiger charge is 2.34. The van der Waals surface area contributed by atoms with E-state index >= 15 is 4.39 Å². The van der Waals surface area contributed by atoms with Crippen molar-refractivity contribution in [1.29, 1.82) is 0 Å². The van der Waals surface area contributed by atoms with Crippen LogP contribution in [0.1, 0.15) is 68.8 Å². The summed E-state index contributed by atoms with van der Waals surface area (Å²) < 4.78 is 26.5. The molecule has 0 aliphatic heterocycles. The predicted molar refractivity (Wildman–Crippen MR) is 146 cm³/mol. The molecule has 0 saturated heterocycles. The van der Waals surface area contributed by atoms with Gasteiger partial charge in [0, 0.05) is 11.1 Å². The van der Waals surface area contributed by atoms with Crippen LogP contribution in [0, 0.1) is 17.2 Å². The Kier molecular flexibility index (Phi) is 7.24. The normalized spacial score (nSPS) is 17.1. The standard InChI is InChI=1S/C32H34FNO4/c1-32(2)15-5-8-28(32)31-25(27-17-23(37-3)12-14-29(27)33)13-11-22(34-31)19-38-24-7-4-6-21(16-24)26(18-30(35)36)20-9-10-20/h4,6-8,11-14,16-17,20,26H,5,9-10,15,18-19H2,1-3H3,(H,35,36)/t26-/m0/s1. The van der Waals surface area contributed by atoms with Gasteiger partial charge in [0.15, 0.2) is 0 Å². The van der Waals surface area contributed by atoms with E-state index in [1.54, 1.807) is 19.2 Å². The lowest BCUT2D eigenvalue weighted by atomic mass is 9.82. The van der Waals surface area contributed by atoms with Crippen LogP contribution in [0.2, 0.25) is 0 Å². The zero-order valence-corrected chi connectivity index (χ0v) is 22.2. The van der Waals surface area contributed by atoms with Crippen molar-refractivity contribution in [3.63, 3.8) is 0 Å². The number of methoxy groups -OCH3 is 1. The molecule has 1 fully saturated rings. The molecule has 5 rings (SSSR count). The Hall–Kier alpha value is -3.67. The molecular formula is C32H34FNO4. The summed E-state index contributed by atoms with van der Waals surface area (Å²) in [5, 5.41) is 9.37. The number of benzene rings is 2. The quantitative estimate of drug-likeness (QED) is 0.300. The molecule has 1 aromatic heterocycles. The third-order valence-electron chi connectivity index (χ3n) is 7.78. The van der Waals surface area contributed by atoms with Crippen molar-refractivity contribution in [1.82, 2.24) is 4.98 Å². The van der Waals surface area contributed by atoms with Gasteiger partial charge in [-0.15, -0.1) is 0 Å². The summed E-state index contributed by atoms with van der Waals surface area (Å²) in [5.74, 6) is 0.615. The molecule has 0 unspecified atom stereocenters. The van der Waals surface area contributed by atoms with Gasteiger partial charge in [-0.05, 0) is 90.5 Å². The number of carbonyl (C=O) groups is 1. The minimum absolute atomic E-state index is 0.00866. The summed E-state index contributed by atoms with van der Waals surface area (Å²) in [6.45, 7) is 4.64. The smallest absolute Gasteiger partial charge is 0.303 e. The fraction of sp³-hybridized carbons (Fsp3) is 0.375. The van der Waals surface area contributed by atoms with Crippen LogP contribution in [0.25, 0.3) is 16.7 Å². The van der Waals surface area contributed by atoms with E-state index in [0.29, 0.717) is 23.0 Å². The summed E-state index contributed by atoms with van der Waals surface area (Å²) in [5.41, 5.74) is 4.74. The minimum Gasteiger partial charge on any atom is -0.497 e. The van der Waals surface area contributed by atoms with E-state index < -0.39 is 5.97 Å². The molecule has 2 aromatic carbocycles. The van der Waals surface area contributed by atoms with E-state index in [0.717, 1.165) is 53.8 Å². The topological polar surface area (TPSA) is 68.7 Å². The minimum atomic E-state index is -0.776. The van der Waals surface area contributed by atoms with Crippen LogP contribution in [0.4, 0.5) is 4.39 Å². The number of nitrogens with zero attached hydrogens (tertiary/aromatic N) is 1. The molecule has 3 aromatic rings. The Morgan fingerprint density at radius 3 is 2.61 bits per heavy atom. The molecule has 0 bridgehead atoms. The van der Waals surface area contributed by atoms with Crippen LogP contribution in [0.3, 0.4) is 0 Å². The monoisotopic (exact) mass is 515 g/mol. The molecule has 0 radical (unpaired) electrons. The van der Waals surface area contributed by atoms with Crippen LogP contribution in [-0.4, -0.2) is 23.2 Å². The van der Waals surface area contributed by atoms with Gasteiger partial charge >= 0.3 is 5.97 Å².